The normalized spacial score (nSPS) is 14.5. The van der Waals surface area contributed by atoms with Crippen LogP contribution in [0.3, 0.4) is 0 Å². The monoisotopic (exact) mass is 624 g/mol. The number of rotatable bonds is 5. The molecule has 1 aliphatic heterocycles. The Bertz CT molecular complexity index is 1330. The highest BCUT2D eigenvalue weighted by atomic mass is 127. The Morgan fingerprint density at radius 1 is 1.03 bits per heavy atom. The van der Waals surface area contributed by atoms with E-state index in [1.165, 1.54) is 0 Å². The van der Waals surface area contributed by atoms with Crippen LogP contribution in [-0.4, -0.2) is 29.7 Å². The van der Waals surface area contributed by atoms with Gasteiger partial charge in [0.05, 0.1) is 51.3 Å². The van der Waals surface area contributed by atoms with Crippen molar-refractivity contribution in [2.24, 2.45) is 0 Å². The summed E-state index contributed by atoms with van der Waals surface area (Å²) >= 11 is 8.30. The van der Waals surface area contributed by atoms with E-state index in [0.29, 0.717) is 11.4 Å². The summed E-state index contributed by atoms with van der Waals surface area (Å²) in [5.41, 5.74) is 1.08. The third-order valence-corrected chi connectivity index (χ3v) is 7.71. The lowest BCUT2D eigenvalue weighted by molar-refractivity contribution is -0.137. The molecule has 1 aromatic heterocycles. The summed E-state index contributed by atoms with van der Waals surface area (Å²) in [5.74, 6) is -0.466. The molecule has 2 heterocycles. The van der Waals surface area contributed by atoms with Crippen LogP contribution in [0.5, 0.6) is 0 Å². The molecule has 0 atom stereocenters. The Morgan fingerprint density at radius 2 is 1.68 bits per heavy atom. The SMILES string of the molecule is O=C(NI)c1c(Cl)c(-c2ccccc2)n2c1CN(S(=O)(=O)Nc1ccc(C(F)(F)F)cc1)CC2. The molecular weight excluding hydrogens is 608 g/mol. The number of hydrogen-bond acceptors (Lipinski definition) is 3. The molecule has 7 nitrogen and oxygen atoms in total. The molecule has 34 heavy (non-hydrogen) atoms. The Labute approximate surface area is 212 Å². The fourth-order valence-corrected chi connectivity index (χ4v) is 5.66. The molecule has 1 amide bonds. The van der Waals surface area contributed by atoms with Gasteiger partial charge in [-0.2, -0.15) is 25.9 Å². The lowest BCUT2D eigenvalue weighted by Gasteiger charge is -2.29. The minimum absolute atomic E-state index is 0.0119. The first kappa shape index (κ1) is 24.8. The highest BCUT2D eigenvalue weighted by molar-refractivity contribution is 14.1. The van der Waals surface area contributed by atoms with E-state index in [2.05, 4.69) is 8.25 Å². The van der Waals surface area contributed by atoms with Gasteiger partial charge in [0.25, 0.3) is 5.91 Å². The van der Waals surface area contributed by atoms with Crippen LogP contribution in [0.4, 0.5) is 18.9 Å². The van der Waals surface area contributed by atoms with Crippen molar-refractivity contribution in [1.82, 2.24) is 12.4 Å². The zero-order valence-electron chi connectivity index (χ0n) is 17.2. The number of carbonyl (C=O) groups is 1. The van der Waals surface area contributed by atoms with Gasteiger partial charge in [-0.05, 0) is 29.8 Å². The lowest BCUT2D eigenvalue weighted by atomic mass is 10.1. The second kappa shape index (κ2) is 9.40. The topological polar surface area (TPSA) is 83.4 Å². The van der Waals surface area contributed by atoms with Crippen LogP contribution in [0.25, 0.3) is 11.3 Å². The molecule has 13 heteroatoms. The van der Waals surface area contributed by atoms with Crippen molar-refractivity contribution in [3.8, 4) is 11.3 Å². The van der Waals surface area contributed by atoms with Crippen molar-refractivity contribution in [3.05, 3.63) is 76.4 Å². The number of anilines is 1. The number of alkyl halides is 3. The number of fused-ring (bicyclic) bond motifs is 1. The van der Waals surface area contributed by atoms with E-state index in [1.54, 1.807) is 22.9 Å². The number of amides is 1. The number of carbonyl (C=O) groups excluding carboxylic acids is 1. The third-order valence-electron chi connectivity index (χ3n) is 5.37. The zero-order valence-corrected chi connectivity index (χ0v) is 21.0. The first-order valence-corrected chi connectivity index (χ1v) is 12.7. The van der Waals surface area contributed by atoms with Crippen molar-refractivity contribution in [2.75, 3.05) is 11.3 Å². The van der Waals surface area contributed by atoms with Gasteiger partial charge in [0.1, 0.15) is 0 Å². The van der Waals surface area contributed by atoms with E-state index < -0.39 is 27.9 Å². The van der Waals surface area contributed by atoms with Gasteiger partial charge in [0.2, 0.25) is 0 Å². The molecule has 3 aromatic rings. The van der Waals surface area contributed by atoms with Gasteiger partial charge in [-0.25, -0.2) is 0 Å². The molecule has 2 N–H and O–H groups in total. The fraction of sp³-hybridized carbons (Fsp3) is 0.190. The van der Waals surface area contributed by atoms with E-state index in [9.17, 15) is 26.4 Å². The van der Waals surface area contributed by atoms with Crippen LogP contribution in [0.2, 0.25) is 5.02 Å². The van der Waals surface area contributed by atoms with E-state index in [-0.39, 0.29) is 35.9 Å². The average molecular weight is 625 g/mol. The number of hydrogen-bond donors (Lipinski definition) is 2. The molecule has 1 aliphatic rings. The van der Waals surface area contributed by atoms with E-state index >= 15 is 0 Å². The van der Waals surface area contributed by atoms with Crippen LogP contribution in [0.1, 0.15) is 21.6 Å². The molecule has 0 radical (unpaired) electrons. The maximum Gasteiger partial charge on any atom is 0.416 e. The number of benzene rings is 2. The van der Waals surface area contributed by atoms with Crippen molar-refractivity contribution >= 4 is 56.3 Å². The number of nitrogens with one attached hydrogen (secondary N) is 2. The van der Waals surface area contributed by atoms with Crippen LogP contribution in [-0.2, 0) is 29.5 Å². The summed E-state index contributed by atoms with van der Waals surface area (Å²) in [6.07, 6.45) is -4.53. The van der Waals surface area contributed by atoms with Gasteiger partial charge in [-0.15, -0.1) is 0 Å². The largest absolute Gasteiger partial charge is 0.416 e. The van der Waals surface area contributed by atoms with Crippen molar-refractivity contribution in [2.45, 2.75) is 19.3 Å². The molecule has 2 aromatic carbocycles. The molecule has 0 bridgehead atoms. The molecule has 0 fully saturated rings. The Balaban J connectivity index is 1.67. The van der Waals surface area contributed by atoms with Crippen LogP contribution in [0.15, 0.2) is 54.6 Å². The molecule has 0 saturated heterocycles. The first-order chi connectivity index (χ1) is 16.0. The third kappa shape index (κ3) is 4.76. The lowest BCUT2D eigenvalue weighted by Crippen LogP contribution is -2.42. The highest BCUT2D eigenvalue weighted by Crippen LogP contribution is 2.38. The second-order valence-electron chi connectivity index (χ2n) is 7.44. The van der Waals surface area contributed by atoms with Crippen molar-refractivity contribution < 1.29 is 26.4 Å². The fourth-order valence-electron chi connectivity index (χ4n) is 3.80. The minimum atomic E-state index is -4.53. The summed E-state index contributed by atoms with van der Waals surface area (Å²) in [4.78, 5) is 12.6. The first-order valence-electron chi connectivity index (χ1n) is 9.85. The smallest absolute Gasteiger partial charge is 0.340 e. The van der Waals surface area contributed by atoms with E-state index in [4.69, 9.17) is 11.6 Å². The number of nitrogens with zero attached hydrogens (tertiary/aromatic N) is 2. The second-order valence-corrected chi connectivity index (χ2v) is 10.0. The molecule has 4 rings (SSSR count). The Hall–Kier alpha value is -2.29. The summed E-state index contributed by atoms with van der Waals surface area (Å²) < 4.78 is 72.1. The molecule has 0 spiro atoms. The minimum Gasteiger partial charge on any atom is -0.340 e. The van der Waals surface area contributed by atoms with Gasteiger partial charge < -0.3 is 4.57 Å². The van der Waals surface area contributed by atoms with Crippen LogP contribution >= 0.6 is 34.5 Å². The average Bonchev–Trinajstić information content (AvgIpc) is 3.09. The van der Waals surface area contributed by atoms with Crippen LogP contribution < -0.4 is 8.25 Å². The summed E-state index contributed by atoms with van der Waals surface area (Å²) in [5, 5.41) is 0.213. The molecule has 0 saturated carbocycles. The maximum absolute atomic E-state index is 13.0. The van der Waals surface area contributed by atoms with E-state index in [1.807, 2.05) is 34.9 Å². The molecule has 0 aliphatic carbocycles. The molecule has 180 valence electrons. The quantitative estimate of drug-likeness (QED) is 0.307. The number of aromatic nitrogens is 1. The molecule has 0 unspecified atom stereocenters. The highest BCUT2D eigenvalue weighted by Gasteiger charge is 2.35. The summed E-state index contributed by atoms with van der Waals surface area (Å²) in [7, 11) is -4.13. The Kier molecular flexibility index (Phi) is 6.86. The van der Waals surface area contributed by atoms with Crippen molar-refractivity contribution in [3.63, 3.8) is 0 Å². The van der Waals surface area contributed by atoms with Gasteiger partial charge in [-0.3, -0.25) is 13.0 Å². The van der Waals surface area contributed by atoms with Gasteiger partial charge in [0, 0.05) is 24.5 Å². The van der Waals surface area contributed by atoms with Gasteiger partial charge in [0.15, 0.2) is 0 Å². The number of halogens is 5. The Morgan fingerprint density at radius 3 is 2.26 bits per heavy atom. The predicted molar refractivity (Wildman–Crippen MR) is 131 cm³/mol. The van der Waals surface area contributed by atoms with Gasteiger partial charge in [-0.1, -0.05) is 41.9 Å². The molecular formula is C21H17ClF3IN4O3S. The van der Waals surface area contributed by atoms with Gasteiger partial charge >= 0.3 is 16.4 Å². The van der Waals surface area contributed by atoms with Crippen LogP contribution in [0, 0.1) is 0 Å². The summed E-state index contributed by atoms with van der Waals surface area (Å²) in [6.45, 7) is 0.142. The zero-order chi connectivity index (χ0) is 24.7. The predicted octanol–water partition coefficient (Wildman–Crippen LogP) is 5.08. The van der Waals surface area contributed by atoms with Crippen molar-refractivity contribution in [1.29, 1.82) is 0 Å². The standard InChI is InChI=1S/C21H17ClF3IN4O3S/c22-18-17(20(31)27-26)16-12-29(10-11-30(16)19(18)13-4-2-1-3-5-13)34(32,33)28-15-8-6-14(7-9-15)21(23,24)25/h1-9,28H,10-12H2,(H,27,31). The van der Waals surface area contributed by atoms with E-state index in [0.717, 1.165) is 34.1 Å². The maximum atomic E-state index is 13.0. The summed E-state index contributed by atoms with van der Waals surface area (Å²) in [6, 6.07) is 12.9.